The van der Waals surface area contributed by atoms with Gasteiger partial charge in [-0.05, 0) is 25.0 Å². The topological polar surface area (TPSA) is 55.1 Å². The molecule has 0 heterocycles. The fourth-order valence-corrected chi connectivity index (χ4v) is 2.15. The number of rotatable bonds is 2. The third-order valence-electron chi connectivity index (χ3n) is 3.12. The zero-order chi connectivity index (χ0) is 12.4. The number of halogens is 2. The summed E-state index contributed by atoms with van der Waals surface area (Å²) in [5, 5.41) is 2.28. The zero-order valence-electron chi connectivity index (χ0n) is 9.25. The van der Waals surface area contributed by atoms with Crippen LogP contribution in [0.15, 0.2) is 18.2 Å². The average Bonchev–Trinajstić information content (AvgIpc) is 2.70. The summed E-state index contributed by atoms with van der Waals surface area (Å²) in [5.41, 5.74) is 5.37. The van der Waals surface area contributed by atoms with E-state index in [-0.39, 0.29) is 12.0 Å². The molecule has 2 atom stereocenters. The second-order valence-corrected chi connectivity index (χ2v) is 4.29. The molecule has 0 aromatic heterocycles. The summed E-state index contributed by atoms with van der Waals surface area (Å²) in [6.45, 7) is 0. The van der Waals surface area contributed by atoms with Crippen LogP contribution in [0.4, 0.5) is 14.5 Å². The molecule has 0 bridgehead atoms. The summed E-state index contributed by atoms with van der Waals surface area (Å²) in [5.74, 6) is -2.30. The molecule has 17 heavy (non-hydrogen) atoms. The Morgan fingerprint density at radius 1 is 1.29 bits per heavy atom. The maximum absolute atomic E-state index is 13.3. The van der Waals surface area contributed by atoms with Crippen molar-refractivity contribution in [2.24, 2.45) is 11.7 Å². The van der Waals surface area contributed by atoms with Crippen molar-refractivity contribution in [1.82, 2.24) is 0 Å². The van der Waals surface area contributed by atoms with Crippen molar-refractivity contribution in [1.29, 1.82) is 0 Å². The Hall–Kier alpha value is -1.49. The van der Waals surface area contributed by atoms with Crippen LogP contribution >= 0.6 is 0 Å². The predicted octanol–water partition coefficient (Wildman–Crippen LogP) is 2.03. The Bertz CT molecular complexity index is 416. The predicted molar refractivity (Wildman–Crippen MR) is 60.3 cm³/mol. The maximum Gasteiger partial charge on any atom is 0.229 e. The molecular weight excluding hydrogens is 226 g/mol. The Morgan fingerprint density at radius 3 is 2.47 bits per heavy atom. The Morgan fingerprint density at radius 2 is 1.94 bits per heavy atom. The molecular formula is C12H14F2N2O. The molecule has 92 valence electrons. The van der Waals surface area contributed by atoms with E-state index in [4.69, 9.17) is 5.73 Å². The summed E-state index contributed by atoms with van der Waals surface area (Å²) in [6, 6.07) is 3.24. The van der Waals surface area contributed by atoms with E-state index < -0.39 is 23.2 Å². The van der Waals surface area contributed by atoms with Crippen LogP contribution < -0.4 is 11.1 Å². The van der Waals surface area contributed by atoms with E-state index in [0.717, 1.165) is 25.0 Å². The lowest BCUT2D eigenvalue weighted by molar-refractivity contribution is -0.120. The highest BCUT2D eigenvalue weighted by atomic mass is 19.1. The van der Waals surface area contributed by atoms with Gasteiger partial charge in [-0.15, -0.1) is 0 Å². The summed E-state index contributed by atoms with van der Waals surface area (Å²) in [4.78, 5) is 11.8. The molecule has 0 spiro atoms. The summed E-state index contributed by atoms with van der Waals surface area (Å²) in [7, 11) is 0. The van der Waals surface area contributed by atoms with E-state index in [2.05, 4.69) is 5.32 Å². The Balaban J connectivity index is 2.13. The normalized spacial score (nSPS) is 23.7. The SMILES string of the molecule is NC1CCCC1C(=O)Nc1c(F)cccc1F. The van der Waals surface area contributed by atoms with Crippen molar-refractivity contribution in [2.75, 3.05) is 5.32 Å². The molecule has 1 aliphatic rings. The molecule has 3 N–H and O–H groups in total. The van der Waals surface area contributed by atoms with Crippen LogP contribution in [0.2, 0.25) is 0 Å². The third-order valence-corrected chi connectivity index (χ3v) is 3.12. The molecule has 2 unspecified atom stereocenters. The highest BCUT2D eigenvalue weighted by molar-refractivity contribution is 5.93. The van der Waals surface area contributed by atoms with E-state index in [9.17, 15) is 13.6 Å². The first-order valence-electron chi connectivity index (χ1n) is 5.60. The highest BCUT2D eigenvalue weighted by Gasteiger charge is 2.31. The molecule has 1 amide bonds. The molecule has 2 rings (SSSR count). The lowest BCUT2D eigenvalue weighted by atomic mass is 10.0. The second kappa shape index (κ2) is 4.79. The molecule has 1 saturated carbocycles. The number of amides is 1. The minimum Gasteiger partial charge on any atom is -0.327 e. The largest absolute Gasteiger partial charge is 0.327 e. The molecule has 1 fully saturated rings. The number of hydrogen-bond donors (Lipinski definition) is 2. The van der Waals surface area contributed by atoms with Crippen LogP contribution in [0.5, 0.6) is 0 Å². The molecule has 1 aliphatic carbocycles. The van der Waals surface area contributed by atoms with E-state index in [1.807, 2.05) is 0 Å². The van der Waals surface area contributed by atoms with Crippen molar-refractivity contribution in [3.05, 3.63) is 29.8 Å². The minimum absolute atomic E-state index is 0.218. The van der Waals surface area contributed by atoms with Crippen molar-refractivity contribution in [3.63, 3.8) is 0 Å². The van der Waals surface area contributed by atoms with Gasteiger partial charge in [-0.2, -0.15) is 0 Å². The van der Waals surface area contributed by atoms with Gasteiger partial charge in [0.25, 0.3) is 0 Å². The van der Waals surface area contributed by atoms with Gasteiger partial charge in [0.15, 0.2) is 0 Å². The number of carbonyl (C=O) groups excluding carboxylic acids is 1. The van der Waals surface area contributed by atoms with Gasteiger partial charge in [0, 0.05) is 6.04 Å². The van der Waals surface area contributed by atoms with Gasteiger partial charge in [-0.3, -0.25) is 4.79 Å². The van der Waals surface area contributed by atoms with Crippen LogP contribution in [0.25, 0.3) is 0 Å². The Labute approximate surface area is 98.0 Å². The molecule has 0 radical (unpaired) electrons. The molecule has 0 saturated heterocycles. The lowest BCUT2D eigenvalue weighted by Crippen LogP contribution is -2.34. The summed E-state index contributed by atoms with van der Waals surface area (Å²) in [6.07, 6.45) is 2.32. The van der Waals surface area contributed by atoms with Gasteiger partial charge >= 0.3 is 0 Å². The summed E-state index contributed by atoms with van der Waals surface area (Å²) >= 11 is 0. The molecule has 0 aliphatic heterocycles. The van der Waals surface area contributed by atoms with Crippen LogP contribution in [0, 0.1) is 17.6 Å². The first-order valence-corrected chi connectivity index (χ1v) is 5.60. The third kappa shape index (κ3) is 2.44. The average molecular weight is 240 g/mol. The van der Waals surface area contributed by atoms with Crippen molar-refractivity contribution in [3.8, 4) is 0 Å². The smallest absolute Gasteiger partial charge is 0.229 e. The number of benzene rings is 1. The first-order chi connectivity index (χ1) is 8.09. The quantitative estimate of drug-likeness (QED) is 0.831. The Kier molecular flexibility index (Phi) is 3.38. The summed E-state index contributed by atoms with van der Waals surface area (Å²) < 4.78 is 26.6. The highest BCUT2D eigenvalue weighted by Crippen LogP contribution is 2.26. The monoisotopic (exact) mass is 240 g/mol. The number of carbonyl (C=O) groups is 1. The van der Waals surface area contributed by atoms with Crippen molar-refractivity contribution >= 4 is 11.6 Å². The minimum atomic E-state index is -0.773. The lowest BCUT2D eigenvalue weighted by Gasteiger charge is -2.15. The number of nitrogens with one attached hydrogen (secondary N) is 1. The van der Waals surface area contributed by atoms with E-state index in [1.165, 1.54) is 6.07 Å². The van der Waals surface area contributed by atoms with Crippen LogP contribution in [-0.2, 0) is 4.79 Å². The number of hydrogen-bond acceptors (Lipinski definition) is 2. The molecule has 1 aromatic carbocycles. The van der Waals surface area contributed by atoms with Crippen molar-refractivity contribution < 1.29 is 13.6 Å². The van der Waals surface area contributed by atoms with Crippen LogP contribution in [0.1, 0.15) is 19.3 Å². The van der Waals surface area contributed by atoms with Gasteiger partial charge in [-0.1, -0.05) is 12.5 Å². The maximum atomic E-state index is 13.3. The van der Waals surface area contributed by atoms with E-state index >= 15 is 0 Å². The number of para-hydroxylation sites is 1. The van der Waals surface area contributed by atoms with E-state index in [0.29, 0.717) is 6.42 Å². The molecule has 3 nitrogen and oxygen atoms in total. The van der Waals surface area contributed by atoms with Gasteiger partial charge in [0.2, 0.25) is 5.91 Å². The fraction of sp³-hybridized carbons (Fsp3) is 0.417. The molecule has 1 aromatic rings. The second-order valence-electron chi connectivity index (χ2n) is 4.29. The standard InChI is InChI=1S/C12H14F2N2O/c13-8-4-2-5-9(14)11(8)16-12(17)7-3-1-6-10(7)15/h2,4-5,7,10H,1,3,6,15H2,(H,16,17). The van der Waals surface area contributed by atoms with Gasteiger partial charge in [-0.25, -0.2) is 8.78 Å². The number of nitrogens with two attached hydrogens (primary N) is 1. The van der Waals surface area contributed by atoms with Crippen LogP contribution in [-0.4, -0.2) is 11.9 Å². The van der Waals surface area contributed by atoms with Gasteiger partial charge in [0.1, 0.15) is 17.3 Å². The number of anilines is 1. The fourth-order valence-electron chi connectivity index (χ4n) is 2.15. The molecule has 5 heteroatoms. The zero-order valence-corrected chi connectivity index (χ0v) is 9.25. The van der Waals surface area contributed by atoms with Gasteiger partial charge in [0.05, 0.1) is 5.92 Å². The van der Waals surface area contributed by atoms with Crippen molar-refractivity contribution in [2.45, 2.75) is 25.3 Å². The first kappa shape index (κ1) is 12.0. The van der Waals surface area contributed by atoms with E-state index in [1.54, 1.807) is 0 Å². The van der Waals surface area contributed by atoms with Gasteiger partial charge < -0.3 is 11.1 Å². The van der Waals surface area contributed by atoms with Crippen LogP contribution in [0.3, 0.4) is 0 Å².